The first-order valence-corrected chi connectivity index (χ1v) is 10.9. The normalized spacial score (nSPS) is 11.9. The zero-order valence-electron chi connectivity index (χ0n) is 16.3. The smallest absolute Gasteiger partial charge is 0.116 e. The van der Waals surface area contributed by atoms with Crippen LogP contribution in [0.15, 0.2) is 85.7 Å². The molecule has 0 aliphatic carbocycles. The summed E-state index contributed by atoms with van der Waals surface area (Å²) in [7, 11) is 0. The van der Waals surface area contributed by atoms with Crippen LogP contribution in [-0.2, 0) is 0 Å². The second kappa shape index (κ2) is 6.27. The van der Waals surface area contributed by atoms with Crippen LogP contribution in [0.5, 0.6) is 0 Å². The number of hydrogen-bond acceptors (Lipinski definition) is 5. The van der Waals surface area contributed by atoms with Crippen LogP contribution in [-0.4, -0.2) is 19.9 Å². The Morgan fingerprint density at radius 2 is 1.39 bits per heavy atom. The number of nitrogens with zero attached hydrogens (tertiary/aromatic N) is 4. The molecule has 0 radical (unpaired) electrons. The van der Waals surface area contributed by atoms with Crippen LogP contribution in [0, 0.1) is 0 Å². The van der Waals surface area contributed by atoms with E-state index in [0.29, 0.717) is 0 Å². The van der Waals surface area contributed by atoms with Crippen molar-refractivity contribution in [1.82, 2.24) is 19.9 Å². The molecule has 0 N–H and O–H groups in total. The van der Waals surface area contributed by atoms with Gasteiger partial charge in [-0.2, -0.15) is 0 Å². The number of rotatable bonds is 1. The molecule has 3 aromatic heterocycles. The number of fused-ring (bicyclic) bond motifs is 9. The summed E-state index contributed by atoms with van der Waals surface area (Å²) >= 11 is 1.73. The quantitative estimate of drug-likeness (QED) is 0.278. The van der Waals surface area contributed by atoms with Gasteiger partial charge in [0.1, 0.15) is 12.7 Å². The van der Waals surface area contributed by atoms with Crippen molar-refractivity contribution in [1.29, 1.82) is 0 Å². The van der Waals surface area contributed by atoms with Gasteiger partial charge in [0.2, 0.25) is 0 Å². The molecular formula is C26H14N4S. The van der Waals surface area contributed by atoms with E-state index in [9.17, 15) is 0 Å². The third kappa shape index (κ3) is 2.35. The van der Waals surface area contributed by atoms with Crippen molar-refractivity contribution in [3.63, 3.8) is 0 Å². The van der Waals surface area contributed by atoms with Crippen LogP contribution in [0.4, 0.5) is 0 Å². The molecule has 5 heteroatoms. The Balaban J connectivity index is 1.62. The standard InChI is InChI=1S/C26H14N4S/c1-2-5-19-17(4-1)18-7-3-6-16(24(18)21-11-27-13-29-25(19)21)15-8-9-20-22(10-15)31-23-12-28-14-30-26(20)23/h1-14H. The molecule has 7 rings (SSSR count). The van der Waals surface area contributed by atoms with Crippen LogP contribution in [0.25, 0.3) is 63.9 Å². The van der Waals surface area contributed by atoms with Crippen molar-refractivity contribution in [2.75, 3.05) is 0 Å². The first-order valence-electron chi connectivity index (χ1n) is 10.0. The lowest BCUT2D eigenvalue weighted by Gasteiger charge is -2.13. The van der Waals surface area contributed by atoms with E-state index in [1.807, 2.05) is 12.4 Å². The molecule has 0 aliphatic rings. The average molecular weight is 414 g/mol. The van der Waals surface area contributed by atoms with Gasteiger partial charge < -0.3 is 0 Å². The van der Waals surface area contributed by atoms with Crippen molar-refractivity contribution < 1.29 is 0 Å². The first kappa shape index (κ1) is 16.8. The van der Waals surface area contributed by atoms with E-state index in [-0.39, 0.29) is 0 Å². The molecule has 0 spiro atoms. The highest BCUT2D eigenvalue weighted by atomic mass is 32.1. The van der Waals surface area contributed by atoms with Crippen molar-refractivity contribution in [3.05, 3.63) is 85.7 Å². The maximum absolute atomic E-state index is 4.65. The van der Waals surface area contributed by atoms with Crippen LogP contribution in [0.2, 0.25) is 0 Å². The molecule has 0 bridgehead atoms. The Kier molecular flexibility index (Phi) is 3.40. The second-order valence-corrected chi connectivity index (χ2v) is 8.69. The fraction of sp³-hybridized carbons (Fsp3) is 0. The van der Waals surface area contributed by atoms with Gasteiger partial charge in [0, 0.05) is 38.6 Å². The minimum absolute atomic E-state index is 0.990. The van der Waals surface area contributed by atoms with Crippen LogP contribution in [0.3, 0.4) is 0 Å². The highest BCUT2D eigenvalue weighted by Crippen LogP contribution is 2.41. The largest absolute Gasteiger partial charge is 0.244 e. The van der Waals surface area contributed by atoms with Gasteiger partial charge in [0.05, 0.1) is 15.7 Å². The molecule has 0 fully saturated rings. The number of thiophene rings is 1. The summed E-state index contributed by atoms with van der Waals surface area (Å²) < 4.78 is 2.32. The summed E-state index contributed by atoms with van der Waals surface area (Å²) in [6.07, 6.45) is 7.08. The molecule has 4 nitrogen and oxygen atoms in total. The maximum atomic E-state index is 4.65. The number of hydrogen-bond donors (Lipinski definition) is 0. The average Bonchev–Trinajstić information content (AvgIpc) is 3.22. The minimum atomic E-state index is 0.990. The van der Waals surface area contributed by atoms with E-state index in [0.717, 1.165) is 26.5 Å². The summed E-state index contributed by atoms with van der Waals surface area (Å²) in [5, 5.41) is 7.03. The zero-order chi connectivity index (χ0) is 20.4. The molecular weight excluding hydrogens is 400 g/mol. The fourth-order valence-electron chi connectivity index (χ4n) is 4.64. The van der Waals surface area contributed by atoms with E-state index in [4.69, 9.17) is 0 Å². The Bertz CT molecular complexity index is 1760. The Morgan fingerprint density at radius 1 is 0.581 bits per heavy atom. The summed E-state index contributed by atoms with van der Waals surface area (Å²) in [5.74, 6) is 0. The minimum Gasteiger partial charge on any atom is -0.244 e. The summed E-state index contributed by atoms with van der Waals surface area (Å²) in [5.41, 5.74) is 4.37. The monoisotopic (exact) mass is 414 g/mol. The van der Waals surface area contributed by atoms with Gasteiger partial charge in [-0.3, -0.25) is 0 Å². The third-order valence-corrected chi connectivity index (χ3v) is 7.04. The van der Waals surface area contributed by atoms with Crippen LogP contribution >= 0.6 is 11.3 Å². The van der Waals surface area contributed by atoms with Gasteiger partial charge >= 0.3 is 0 Å². The van der Waals surface area contributed by atoms with Gasteiger partial charge in [0.15, 0.2) is 0 Å². The molecule has 0 atom stereocenters. The van der Waals surface area contributed by atoms with Crippen LogP contribution in [0.1, 0.15) is 0 Å². The molecule has 0 unspecified atom stereocenters. The molecule has 0 aliphatic heterocycles. The van der Waals surface area contributed by atoms with Gasteiger partial charge in [-0.05, 0) is 28.0 Å². The predicted octanol–water partition coefficient (Wildman–Crippen LogP) is 6.76. The van der Waals surface area contributed by atoms with E-state index in [1.165, 1.54) is 37.4 Å². The van der Waals surface area contributed by atoms with E-state index < -0.39 is 0 Å². The molecule has 31 heavy (non-hydrogen) atoms. The lowest BCUT2D eigenvalue weighted by Crippen LogP contribution is -1.89. The predicted molar refractivity (Wildman–Crippen MR) is 128 cm³/mol. The highest BCUT2D eigenvalue weighted by Gasteiger charge is 2.14. The summed E-state index contributed by atoms with van der Waals surface area (Å²) in [6.45, 7) is 0. The Labute approximate surface area is 180 Å². The lowest BCUT2D eigenvalue weighted by atomic mass is 9.91. The number of aromatic nitrogens is 4. The van der Waals surface area contributed by atoms with Gasteiger partial charge in [-0.25, -0.2) is 19.9 Å². The topological polar surface area (TPSA) is 51.6 Å². The molecule has 0 saturated carbocycles. The summed E-state index contributed by atoms with van der Waals surface area (Å²) in [4.78, 5) is 17.7. The van der Waals surface area contributed by atoms with Crippen molar-refractivity contribution in [3.8, 4) is 11.1 Å². The van der Waals surface area contributed by atoms with Crippen molar-refractivity contribution in [2.24, 2.45) is 0 Å². The first-order chi connectivity index (χ1) is 15.4. The maximum Gasteiger partial charge on any atom is 0.116 e. The SMILES string of the molecule is c1ccc2c(c1)c1cccc(-c3ccc4c(c3)sc3cncnc34)c1c1cncnc21. The molecule has 4 aromatic carbocycles. The zero-order valence-corrected chi connectivity index (χ0v) is 17.1. The lowest BCUT2D eigenvalue weighted by molar-refractivity contribution is 1.23. The van der Waals surface area contributed by atoms with Crippen molar-refractivity contribution >= 4 is 64.1 Å². The molecule has 7 aromatic rings. The molecule has 144 valence electrons. The fourth-order valence-corrected chi connectivity index (χ4v) is 5.71. The van der Waals surface area contributed by atoms with Crippen molar-refractivity contribution in [2.45, 2.75) is 0 Å². The molecule has 0 saturated heterocycles. The Morgan fingerprint density at radius 3 is 2.32 bits per heavy atom. The van der Waals surface area contributed by atoms with E-state index in [2.05, 4.69) is 80.6 Å². The van der Waals surface area contributed by atoms with Crippen LogP contribution < -0.4 is 0 Å². The Hall–Kier alpha value is -3.96. The summed E-state index contributed by atoms with van der Waals surface area (Å²) in [6, 6.07) is 21.6. The highest BCUT2D eigenvalue weighted by molar-refractivity contribution is 7.25. The van der Waals surface area contributed by atoms with E-state index in [1.54, 1.807) is 24.0 Å². The second-order valence-electron chi connectivity index (χ2n) is 7.61. The third-order valence-electron chi connectivity index (χ3n) is 5.96. The number of benzene rings is 4. The van der Waals surface area contributed by atoms with Gasteiger partial charge in [0.25, 0.3) is 0 Å². The molecule has 0 amide bonds. The molecule has 3 heterocycles. The van der Waals surface area contributed by atoms with E-state index >= 15 is 0 Å². The van der Waals surface area contributed by atoms with Gasteiger partial charge in [-0.15, -0.1) is 11.3 Å². The van der Waals surface area contributed by atoms with Gasteiger partial charge in [-0.1, -0.05) is 54.6 Å².